The van der Waals surface area contributed by atoms with Crippen molar-refractivity contribution in [1.29, 1.82) is 0 Å². The van der Waals surface area contributed by atoms with Crippen LogP contribution in [0.15, 0.2) is 35.0 Å². The molecule has 2 rings (SSSR count). The molecule has 1 aromatic carbocycles. The molecule has 0 radical (unpaired) electrons. The maximum atomic E-state index is 5.67. The van der Waals surface area contributed by atoms with Gasteiger partial charge in [0.05, 0.1) is 18.4 Å². The summed E-state index contributed by atoms with van der Waals surface area (Å²) in [7, 11) is 3.31. The van der Waals surface area contributed by atoms with E-state index in [1.165, 1.54) is 0 Å². The van der Waals surface area contributed by atoms with Crippen LogP contribution >= 0.6 is 0 Å². The van der Waals surface area contributed by atoms with Gasteiger partial charge in [-0.3, -0.25) is 0 Å². The second-order valence-electron chi connectivity index (χ2n) is 3.91. The van der Waals surface area contributed by atoms with Crippen LogP contribution < -0.4 is 5.73 Å². The molecular weight excluding hydrogens is 232 g/mol. The molecule has 2 N–H and O–H groups in total. The van der Waals surface area contributed by atoms with E-state index in [1.807, 2.05) is 24.3 Å². The Kier molecular flexibility index (Phi) is 3.96. The molecule has 0 bridgehead atoms. The van der Waals surface area contributed by atoms with Crippen molar-refractivity contribution < 1.29 is 14.0 Å². The number of nitrogens with two attached hydrogens (primary N) is 1. The normalized spacial score (nSPS) is 12.6. The van der Waals surface area contributed by atoms with Crippen molar-refractivity contribution in [3.63, 3.8) is 0 Å². The maximum absolute atomic E-state index is 5.67. The third-order valence-corrected chi connectivity index (χ3v) is 2.79. The molecule has 1 atom stereocenters. The van der Waals surface area contributed by atoms with Gasteiger partial charge in [0, 0.05) is 14.2 Å². The van der Waals surface area contributed by atoms with Crippen LogP contribution in [0.5, 0.6) is 0 Å². The number of hydrogen-bond donors (Lipinski definition) is 1. The summed E-state index contributed by atoms with van der Waals surface area (Å²) in [5.41, 5.74) is 8.48. The minimum absolute atomic E-state index is 0.0659. The summed E-state index contributed by atoms with van der Waals surface area (Å²) in [5.74, 6) is 0.322. The Labute approximate surface area is 105 Å². The second kappa shape index (κ2) is 5.66. The van der Waals surface area contributed by atoms with Crippen molar-refractivity contribution in [2.24, 2.45) is 0 Å². The van der Waals surface area contributed by atoms with E-state index in [2.05, 4.69) is 5.16 Å². The summed E-state index contributed by atoms with van der Waals surface area (Å²) in [6.07, 6.45) is 1.54. The molecule has 5 heteroatoms. The van der Waals surface area contributed by atoms with Gasteiger partial charge in [0.1, 0.15) is 6.10 Å². The Morgan fingerprint density at radius 2 is 2.00 bits per heavy atom. The number of methoxy groups -OCH3 is 2. The number of nitrogens with zero attached hydrogens (tertiary/aromatic N) is 1. The van der Waals surface area contributed by atoms with Gasteiger partial charge in [-0.15, -0.1) is 0 Å². The number of hydrogen-bond acceptors (Lipinski definition) is 5. The zero-order valence-electron chi connectivity index (χ0n) is 10.4. The van der Waals surface area contributed by atoms with Crippen LogP contribution in [0.2, 0.25) is 0 Å². The summed E-state index contributed by atoms with van der Waals surface area (Å²) in [6, 6.07) is 7.88. The molecule has 1 aromatic heterocycles. The lowest BCUT2D eigenvalue weighted by Crippen LogP contribution is -2.08. The van der Waals surface area contributed by atoms with Crippen LogP contribution in [0.1, 0.15) is 11.7 Å². The fourth-order valence-corrected chi connectivity index (χ4v) is 1.79. The highest BCUT2D eigenvalue weighted by Crippen LogP contribution is 2.27. The van der Waals surface area contributed by atoms with Crippen LogP contribution in [0, 0.1) is 0 Å². The molecule has 1 heterocycles. The average Bonchev–Trinajstić information content (AvgIpc) is 2.82. The van der Waals surface area contributed by atoms with Crippen LogP contribution in [-0.4, -0.2) is 26.0 Å². The lowest BCUT2D eigenvalue weighted by molar-refractivity contribution is 0.0275. The molecule has 0 spiro atoms. The molecule has 1 unspecified atom stereocenters. The summed E-state index contributed by atoms with van der Waals surface area (Å²) < 4.78 is 15.3. The Balaban J connectivity index is 2.22. The monoisotopic (exact) mass is 248 g/mol. The van der Waals surface area contributed by atoms with Gasteiger partial charge in [-0.1, -0.05) is 29.4 Å². The first-order valence-electron chi connectivity index (χ1n) is 5.58. The first kappa shape index (κ1) is 12.6. The van der Waals surface area contributed by atoms with Gasteiger partial charge in [0.15, 0.2) is 0 Å². The standard InChI is InChI=1S/C13H16N2O3/c1-16-8-12(17-2)10-5-3-9(4-6-10)11-7-15-18-13(11)14/h3-7,12H,8,14H2,1-2H3. The van der Waals surface area contributed by atoms with Crippen LogP contribution in [-0.2, 0) is 9.47 Å². The molecule has 0 aliphatic rings. The highest BCUT2D eigenvalue weighted by molar-refractivity contribution is 5.71. The fraction of sp³-hybridized carbons (Fsp3) is 0.308. The lowest BCUT2D eigenvalue weighted by Gasteiger charge is -2.14. The topological polar surface area (TPSA) is 70.5 Å². The molecule has 5 nitrogen and oxygen atoms in total. The zero-order chi connectivity index (χ0) is 13.0. The van der Waals surface area contributed by atoms with Crippen molar-refractivity contribution >= 4 is 5.88 Å². The van der Waals surface area contributed by atoms with Gasteiger partial charge >= 0.3 is 0 Å². The maximum Gasteiger partial charge on any atom is 0.229 e. The predicted octanol–water partition coefficient (Wildman–Crippen LogP) is 2.26. The van der Waals surface area contributed by atoms with Gasteiger partial charge in [0.2, 0.25) is 5.88 Å². The van der Waals surface area contributed by atoms with E-state index in [0.717, 1.165) is 16.7 Å². The molecule has 0 amide bonds. The Morgan fingerprint density at radius 3 is 2.50 bits per heavy atom. The van der Waals surface area contributed by atoms with E-state index in [4.69, 9.17) is 19.7 Å². The van der Waals surface area contributed by atoms with Crippen LogP contribution in [0.25, 0.3) is 11.1 Å². The number of nitrogen functional groups attached to an aromatic ring is 1. The third kappa shape index (κ3) is 2.52. The Morgan fingerprint density at radius 1 is 1.28 bits per heavy atom. The van der Waals surface area contributed by atoms with E-state index >= 15 is 0 Å². The van der Waals surface area contributed by atoms with Crippen molar-refractivity contribution in [1.82, 2.24) is 5.16 Å². The highest BCUT2D eigenvalue weighted by Gasteiger charge is 2.11. The van der Waals surface area contributed by atoms with Gasteiger partial charge < -0.3 is 19.7 Å². The quantitative estimate of drug-likeness (QED) is 0.878. The van der Waals surface area contributed by atoms with Crippen LogP contribution in [0.3, 0.4) is 0 Å². The first-order valence-corrected chi connectivity index (χ1v) is 5.58. The van der Waals surface area contributed by atoms with Gasteiger partial charge in [0.25, 0.3) is 0 Å². The SMILES string of the molecule is COCC(OC)c1ccc(-c2cnoc2N)cc1. The number of aromatic nitrogens is 1. The Hall–Kier alpha value is -1.85. The minimum atomic E-state index is -0.0659. The van der Waals surface area contributed by atoms with E-state index in [1.54, 1.807) is 20.4 Å². The van der Waals surface area contributed by atoms with E-state index in [9.17, 15) is 0 Å². The summed E-state index contributed by atoms with van der Waals surface area (Å²) >= 11 is 0. The molecule has 0 aliphatic heterocycles. The second-order valence-corrected chi connectivity index (χ2v) is 3.91. The summed E-state index contributed by atoms with van der Waals surface area (Å²) in [5, 5.41) is 3.66. The van der Waals surface area contributed by atoms with Crippen molar-refractivity contribution in [2.75, 3.05) is 26.6 Å². The van der Waals surface area contributed by atoms with E-state index in [0.29, 0.717) is 12.5 Å². The van der Waals surface area contributed by atoms with Crippen molar-refractivity contribution in [2.45, 2.75) is 6.10 Å². The number of rotatable bonds is 5. The molecule has 2 aromatic rings. The zero-order valence-corrected chi connectivity index (χ0v) is 10.4. The minimum Gasteiger partial charge on any atom is -0.382 e. The third-order valence-electron chi connectivity index (χ3n) is 2.79. The predicted molar refractivity (Wildman–Crippen MR) is 68.0 cm³/mol. The number of benzene rings is 1. The number of ether oxygens (including phenoxy) is 2. The van der Waals surface area contributed by atoms with Gasteiger partial charge in [-0.25, -0.2) is 0 Å². The first-order chi connectivity index (χ1) is 8.76. The molecule has 96 valence electrons. The van der Waals surface area contributed by atoms with E-state index < -0.39 is 0 Å². The molecule has 0 aliphatic carbocycles. The van der Waals surface area contributed by atoms with Gasteiger partial charge in [-0.05, 0) is 11.1 Å². The molecular formula is C13H16N2O3. The highest BCUT2D eigenvalue weighted by atomic mass is 16.5. The van der Waals surface area contributed by atoms with Crippen molar-refractivity contribution in [3.8, 4) is 11.1 Å². The molecule has 0 saturated heterocycles. The summed E-state index contributed by atoms with van der Waals surface area (Å²) in [4.78, 5) is 0. The lowest BCUT2D eigenvalue weighted by atomic mass is 10.0. The van der Waals surface area contributed by atoms with Gasteiger partial charge in [-0.2, -0.15) is 0 Å². The van der Waals surface area contributed by atoms with E-state index in [-0.39, 0.29) is 6.10 Å². The summed E-state index contributed by atoms with van der Waals surface area (Å²) in [6.45, 7) is 0.519. The molecule has 0 saturated carbocycles. The smallest absolute Gasteiger partial charge is 0.229 e. The fourth-order valence-electron chi connectivity index (χ4n) is 1.79. The number of anilines is 1. The molecule has 0 fully saturated rings. The van der Waals surface area contributed by atoms with Crippen molar-refractivity contribution in [3.05, 3.63) is 36.0 Å². The van der Waals surface area contributed by atoms with Crippen LogP contribution in [0.4, 0.5) is 5.88 Å². The largest absolute Gasteiger partial charge is 0.382 e. The molecule has 18 heavy (non-hydrogen) atoms. The average molecular weight is 248 g/mol. The Bertz CT molecular complexity index is 493.